The van der Waals surface area contributed by atoms with Crippen molar-refractivity contribution >= 4 is 6.09 Å². The van der Waals surface area contributed by atoms with Crippen molar-refractivity contribution in [3.63, 3.8) is 0 Å². The molecular weight excluding hydrogens is 282 g/mol. The Balaban J connectivity index is 1.87. The first-order valence-corrected chi connectivity index (χ1v) is 7.91. The van der Waals surface area contributed by atoms with E-state index in [2.05, 4.69) is 6.92 Å². The molecule has 1 aromatic rings. The molecule has 2 fully saturated rings. The van der Waals surface area contributed by atoms with Gasteiger partial charge in [0.15, 0.2) is 6.23 Å². The summed E-state index contributed by atoms with van der Waals surface area (Å²) in [6.45, 7) is 6.70. The van der Waals surface area contributed by atoms with E-state index in [0.717, 1.165) is 12.0 Å². The number of hydrogen-bond acceptors (Lipinski definition) is 4. The van der Waals surface area contributed by atoms with Gasteiger partial charge >= 0.3 is 6.09 Å². The first-order chi connectivity index (χ1) is 10.6. The number of carbonyl (C=O) groups excluding carboxylic acids is 1. The van der Waals surface area contributed by atoms with Crippen LogP contribution in [0.25, 0.3) is 0 Å². The number of benzene rings is 1. The van der Waals surface area contributed by atoms with Crippen LogP contribution in [0.15, 0.2) is 30.3 Å². The Bertz CT molecular complexity index is 535. The lowest BCUT2D eigenvalue weighted by Gasteiger charge is -2.29. The average molecular weight is 305 g/mol. The van der Waals surface area contributed by atoms with Crippen LogP contribution in [0.1, 0.15) is 38.8 Å². The van der Waals surface area contributed by atoms with Gasteiger partial charge in [-0.3, -0.25) is 4.90 Å². The summed E-state index contributed by atoms with van der Waals surface area (Å²) in [5, 5.41) is 0. The molecule has 2 saturated heterocycles. The molecule has 120 valence electrons. The van der Waals surface area contributed by atoms with Crippen molar-refractivity contribution in [1.29, 1.82) is 0 Å². The maximum Gasteiger partial charge on any atom is 0.412 e. The minimum absolute atomic E-state index is 0.129. The molecule has 0 radical (unpaired) electrons. The number of rotatable bonds is 4. The molecule has 22 heavy (non-hydrogen) atoms. The van der Waals surface area contributed by atoms with Crippen LogP contribution < -0.4 is 0 Å². The molecule has 1 aromatic carbocycles. The number of hydrogen-bond donors (Lipinski definition) is 0. The maximum absolute atomic E-state index is 12.5. The van der Waals surface area contributed by atoms with Gasteiger partial charge in [-0.1, -0.05) is 37.3 Å². The van der Waals surface area contributed by atoms with Crippen LogP contribution in [0.5, 0.6) is 0 Å². The molecular formula is C17H23NO4. The largest absolute Gasteiger partial charge is 0.450 e. The highest BCUT2D eigenvalue weighted by molar-refractivity contribution is 5.69. The topological polar surface area (TPSA) is 51.3 Å². The van der Waals surface area contributed by atoms with Crippen molar-refractivity contribution in [3.05, 3.63) is 35.9 Å². The first kappa shape index (κ1) is 15.3. The lowest BCUT2D eigenvalue weighted by molar-refractivity contribution is -0.0243. The highest BCUT2D eigenvalue weighted by atomic mass is 16.7. The zero-order valence-electron chi connectivity index (χ0n) is 13.3. The third-order valence-corrected chi connectivity index (χ3v) is 4.50. The van der Waals surface area contributed by atoms with E-state index < -0.39 is 11.8 Å². The van der Waals surface area contributed by atoms with E-state index >= 15 is 0 Å². The number of epoxide rings is 1. The van der Waals surface area contributed by atoms with Crippen molar-refractivity contribution in [2.24, 2.45) is 0 Å². The Morgan fingerprint density at radius 2 is 2.09 bits per heavy atom. The van der Waals surface area contributed by atoms with Gasteiger partial charge in [0.1, 0.15) is 5.60 Å². The summed E-state index contributed by atoms with van der Waals surface area (Å²) in [5.74, 6) is 0. The summed E-state index contributed by atoms with van der Waals surface area (Å²) >= 11 is 0. The van der Waals surface area contributed by atoms with Crippen molar-refractivity contribution in [3.8, 4) is 0 Å². The molecule has 0 unspecified atom stereocenters. The van der Waals surface area contributed by atoms with Gasteiger partial charge in [-0.2, -0.15) is 0 Å². The Morgan fingerprint density at radius 3 is 2.68 bits per heavy atom. The number of nitrogens with zero attached hydrogens (tertiary/aromatic N) is 1. The van der Waals surface area contributed by atoms with Gasteiger partial charge in [-0.05, 0) is 25.8 Å². The summed E-state index contributed by atoms with van der Waals surface area (Å²) < 4.78 is 17.0. The normalized spacial score (nSPS) is 33.8. The Morgan fingerprint density at radius 1 is 1.36 bits per heavy atom. The molecule has 2 aliphatic rings. The molecule has 4 atom stereocenters. The number of carbonyl (C=O) groups is 1. The van der Waals surface area contributed by atoms with Gasteiger partial charge in [0, 0.05) is 0 Å². The molecule has 0 N–H and O–H groups in total. The third-order valence-electron chi connectivity index (χ3n) is 4.50. The second-order valence-corrected chi connectivity index (χ2v) is 5.92. The van der Waals surface area contributed by atoms with Crippen molar-refractivity contribution in [2.75, 3.05) is 13.2 Å². The van der Waals surface area contributed by atoms with Gasteiger partial charge in [0.2, 0.25) is 0 Å². The summed E-state index contributed by atoms with van der Waals surface area (Å²) in [6.07, 6.45) is 0.291. The van der Waals surface area contributed by atoms with Crippen molar-refractivity contribution in [1.82, 2.24) is 4.90 Å². The maximum atomic E-state index is 12.5. The quantitative estimate of drug-likeness (QED) is 0.802. The van der Waals surface area contributed by atoms with Crippen molar-refractivity contribution in [2.45, 2.75) is 51.2 Å². The van der Waals surface area contributed by atoms with Gasteiger partial charge in [0.05, 0.1) is 25.4 Å². The highest BCUT2D eigenvalue weighted by Gasteiger charge is 2.63. The molecule has 0 spiro atoms. The lowest BCUT2D eigenvalue weighted by atomic mass is 10.0. The fourth-order valence-corrected chi connectivity index (χ4v) is 3.28. The molecule has 0 saturated carbocycles. The Hall–Kier alpha value is -1.59. The van der Waals surface area contributed by atoms with Crippen LogP contribution >= 0.6 is 0 Å². The van der Waals surface area contributed by atoms with Crippen LogP contribution in [-0.4, -0.2) is 42.1 Å². The van der Waals surface area contributed by atoms with E-state index in [-0.39, 0.29) is 18.2 Å². The molecule has 0 bridgehead atoms. The van der Waals surface area contributed by atoms with Gasteiger partial charge < -0.3 is 14.2 Å². The second-order valence-electron chi connectivity index (χ2n) is 5.92. The molecule has 5 heteroatoms. The Labute approximate surface area is 131 Å². The van der Waals surface area contributed by atoms with Gasteiger partial charge in [0.25, 0.3) is 0 Å². The zero-order chi connectivity index (χ0) is 15.7. The second kappa shape index (κ2) is 5.89. The van der Waals surface area contributed by atoms with E-state index in [1.807, 2.05) is 44.2 Å². The van der Waals surface area contributed by atoms with Gasteiger partial charge in [-0.25, -0.2) is 4.79 Å². The molecule has 5 nitrogen and oxygen atoms in total. The molecule has 3 rings (SSSR count). The first-order valence-electron chi connectivity index (χ1n) is 7.91. The molecule has 2 heterocycles. The predicted octanol–water partition coefficient (Wildman–Crippen LogP) is 3.11. The predicted molar refractivity (Wildman–Crippen MR) is 81.4 cm³/mol. The van der Waals surface area contributed by atoms with E-state index in [4.69, 9.17) is 14.2 Å². The highest BCUT2D eigenvalue weighted by Crippen LogP contribution is 2.48. The average Bonchev–Trinajstić information content (AvgIpc) is 3.01. The number of ether oxygens (including phenoxy) is 3. The van der Waals surface area contributed by atoms with Crippen LogP contribution in [-0.2, 0) is 14.2 Å². The van der Waals surface area contributed by atoms with E-state index in [1.165, 1.54) is 0 Å². The Kier molecular flexibility index (Phi) is 4.10. The van der Waals surface area contributed by atoms with Crippen LogP contribution in [0.3, 0.4) is 0 Å². The van der Waals surface area contributed by atoms with E-state index in [9.17, 15) is 4.79 Å². The minimum atomic E-state index is -0.439. The van der Waals surface area contributed by atoms with Crippen LogP contribution in [0.4, 0.5) is 4.79 Å². The smallest absolute Gasteiger partial charge is 0.412 e. The summed E-state index contributed by atoms with van der Waals surface area (Å²) in [4.78, 5) is 14.2. The van der Waals surface area contributed by atoms with E-state index in [0.29, 0.717) is 13.2 Å². The SMILES string of the molecule is CCOC(=O)N1[C@H](c2ccccc2)CO[C@@H]1[C@]1(C)O[C@H]1CC. The molecule has 1 amide bonds. The molecule has 2 aliphatic heterocycles. The minimum Gasteiger partial charge on any atom is -0.450 e. The summed E-state index contributed by atoms with van der Waals surface area (Å²) in [7, 11) is 0. The van der Waals surface area contributed by atoms with E-state index in [1.54, 1.807) is 4.90 Å². The van der Waals surface area contributed by atoms with Crippen LogP contribution in [0, 0.1) is 0 Å². The molecule has 0 aliphatic carbocycles. The fraction of sp³-hybridized carbons (Fsp3) is 0.588. The standard InChI is InChI=1S/C17H23NO4/c1-4-14-17(3,22-14)15-18(16(19)20-5-2)13(11-21-15)12-9-7-6-8-10-12/h6-10,13-15H,4-5,11H2,1-3H3/t13-,14-,15+,17+/m0/s1. The lowest BCUT2D eigenvalue weighted by Crippen LogP contribution is -2.46. The summed E-state index contributed by atoms with van der Waals surface area (Å²) in [5.41, 5.74) is 0.612. The number of amides is 1. The zero-order valence-corrected chi connectivity index (χ0v) is 13.3. The summed E-state index contributed by atoms with van der Waals surface area (Å²) in [6, 6.07) is 9.78. The molecule has 0 aromatic heterocycles. The fourth-order valence-electron chi connectivity index (χ4n) is 3.28. The van der Waals surface area contributed by atoms with Gasteiger partial charge in [-0.15, -0.1) is 0 Å². The van der Waals surface area contributed by atoms with Crippen LogP contribution in [0.2, 0.25) is 0 Å². The van der Waals surface area contributed by atoms with Crippen molar-refractivity contribution < 1.29 is 19.0 Å². The monoisotopic (exact) mass is 305 g/mol. The third kappa shape index (κ3) is 2.48.